The molecule has 2 heterocycles. The van der Waals surface area contributed by atoms with Gasteiger partial charge in [-0.05, 0) is 13.8 Å². The van der Waals surface area contributed by atoms with Gasteiger partial charge in [0.25, 0.3) is 0 Å². The van der Waals surface area contributed by atoms with E-state index in [1.54, 1.807) is 18.5 Å². The number of carbonyl (C=O) groups excluding carboxylic acids is 2. The standard InChI is InChI=1S/C12H17N3O4/c1-3-18-11(16)8-5-13-10-9(12(17)19-4-2)6-14-15(10)7-8/h6,8,13H,3-5,7H2,1-2H3. The first-order valence-electron chi connectivity index (χ1n) is 6.30. The van der Waals surface area contributed by atoms with Crippen molar-refractivity contribution in [3.63, 3.8) is 0 Å². The lowest BCUT2D eigenvalue weighted by atomic mass is 10.1. The average Bonchev–Trinajstić information content (AvgIpc) is 2.82. The van der Waals surface area contributed by atoms with E-state index in [9.17, 15) is 9.59 Å². The number of aromatic nitrogens is 2. The summed E-state index contributed by atoms with van der Waals surface area (Å²) in [5.41, 5.74) is 0.393. The number of rotatable bonds is 4. The largest absolute Gasteiger partial charge is 0.466 e. The topological polar surface area (TPSA) is 82.5 Å². The van der Waals surface area contributed by atoms with E-state index in [0.717, 1.165) is 0 Å². The number of anilines is 1. The van der Waals surface area contributed by atoms with E-state index < -0.39 is 5.97 Å². The number of nitrogens with one attached hydrogen (secondary N) is 1. The van der Waals surface area contributed by atoms with Crippen LogP contribution in [0, 0.1) is 5.92 Å². The molecule has 104 valence electrons. The summed E-state index contributed by atoms with van der Waals surface area (Å²) < 4.78 is 11.5. The van der Waals surface area contributed by atoms with Gasteiger partial charge in [0.1, 0.15) is 11.4 Å². The Labute approximate surface area is 110 Å². The summed E-state index contributed by atoms with van der Waals surface area (Å²) in [7, 11) is 0. The maximum atomic E-state index is 11.7. The molecule has 7 heteroatoms. The molecular formula is C12H17N3O4. The third-order valence-electron chi connectivity index (χ3n) is 2.86. The van der Waals surface area contributed by atoms with Crippen LogP contribution >= 0.6 is 0 Å². The highest BCUT2D eigenvalue weighted by atomic mass is 16.5. The van der Waals surface area contributed by atoms with Crippen molar-refractivity contribution in [1.29, 1.82) is 0 Å². The summed E-state index contributed by atoms with van der Waals surface area (Å²) in [6, 6.07) is 0. The minimum absolute atomic E-state index is 0.256. The van der Waals surface area contributed by atoms with E-state index in [-0.39, 0.29) is 11.9 Å². The minimum Gasteiger partial charge on any atom is -0.466 e. The van der Waals surface area contributed by atoms with Gasteiger partial charge in [-0.3, -0.25) is 4.79 Å². The Kier molecular flexibility index (Phi) is 4.03. The predicted octanol–water partition coefficient (Wildman–Crippen LogP) is 0.665. The molecular weight excluding hydrogens is 250 g/mol. The first kappa shape index (κ1) is 13.4. The van der Waals surface area contributed by atoms with Gasteiger partial charge in [-0.15, -0.1) is 0 Å². The van der Waals surface area contributed by atoms with Crippen LogP contribution in [0.4, 0.5) is 5.82 Å². The van der Waals surface area contributed by atoms with E-state index in [2.05, 4.69) is 10.4 Å². The van der Waals surface area contributed by atoms with Gasteiger partial charge in [0.2, 0.25) is 0 Å². The summed E-state index contributed by atoms with van der Waals surface area (Å²) in [4.78, 5) is 23.3. The number of hydrogen-bond acceptors (Lipinski definition) is 6. The number of hydrogen-bond donors (Lipinski definition) is 1. The summed E-state index contributed by atoms with van der Waals surface area (Å²) in [6.07, 6.45) is 1.45. The van der Waals surface area contributed by atoms with Crippen LogP contribution in [0.2, 0.25) is 0 Å². The molecule has 0 saturated carbocycles. The number of carbonyl (C=O) groups is 2. The zero-order valence-corrected chi connectivity index (χ0v) is 11.0. The SMILES string of the molecule is CCOC(=O)c1cnn2c1NCC(C(=O)OCC)C2. The minimum atomic E-state index is -0.411. The molecule has 2 rings (SSSR count). The molecule has 7 nitrogen and oxygen atoms in total. The lowest BCUT2D eigenvalue weighted by Gasteiger charge is -2.23. The van der Waals surface area contributed by atoms with Gasteiger partial charge in [-0.1, -0.05) is 0 Å². The molecule has 0 bridgehead atoms. The predicted molar refractivity (Wildman–Crippen MR) is 66.8 cm³/mol. The van der Waals surface area contributed by atoms with Crippen LogP contribution in [0.25, 0.3) is 0 Å². The van der Waals surface area contributed by atoms with Crippen LogP contribution in [0.1, 0.15) is 24.2 Å². The van der Waals surface area contributed by atoms with Crippen LogP contribution in [0.5, 0.6) is 0 Å². The Morgan fingerprint density at radius 1 is 1.42 bits per heavy atom. The molecule has 1 N–H and O–H groups in total. The lowest BCUT2D eigenvalue weighted by Crippen LogP contribution is -2.35. The summed E-state index contributed by atoms with van der Waals surface area (Å²) in [5.74, 6) is -0.360. The first-order chi connectivity index (χ1) is 9.17. The Morgan fingerprint density at radius 2 is 2.16 bits per heavy atom. The van der Waals surface area contributed by atoms with Gasteiger partial charge in [0.15, 0.2) is 0 Å². The van der Waals surface area contributed by atoms with Gasteiger partial charge in [0.05, 0.1) is 31.9 Å². The van der Waals surface area contributed by atoms with Crippen molar-refractivity contribution < 1.29 is 19.1 Å². The molecule has 19 heavy (non-hydrogen) atoms. The second-order valence-electron chi connectivity index (χ2n) is 4.14. The summed E-state index contributed by atoms with van der Waals surface area (Å²) in [6.45, 7) is 5.02. The Hall–Kier alpha value is -2.05. The molecule has 0 aromatic carbocycles. The van der Waals surface area contributed by atoms with Crippen molar-refractivity contribution in [3.8, 4) is 0 Å². The maximum Gasteiger partial charge on any atom is 0.343 e. The number of nitrogens with zero attached hydrogens (tertiary/aromatic N) is 2. The van der Waals surface area contributed by atoms with E-state index in [1.807, 2.05) is 0 Å². The molecule has 0 amide bonds. The fraction of sp³-hybridized carbons (Fsp3) is 0.583. The van der Waals surface area contributed by atoms with Crippen molar-refractivity contribution in [3.05, 3.63) is 11.8 Å². The highest BCUT2D eigenvalue weighted by molar-refractivity contribution is 5.94. The molecule has 0 radical (unpaired) electrons. The highest BCUT2D eigenvalue weighted by Crippen LogP contribution is 2.23. The molecule has 1 aromatic rings. The van der Waals surface area contributed by atoms with E-state index in [1.165, 1.54) is 6.20 Å². The van der Waals surface area contributed by atoms with E-state index in [4.69, 9.17) is 9.47 Å². The molecule has 1 atom stereocenters. The van der Waals surface area contributed by atoms with Gasteiger partial charge >= 0.3 is 11.9 Å². The molecule has 0 spiro atoms. The fourth-order valence-corrected chi connectivity index (χ4v) is 1.98. The quantitative estimate of drug-likeness (QED) is 0.807. The summed E-state index contributed by atoms with van der Waals surface area (Å²) >= 11 is 0. The fourth-order valence-electron chi connectivity index (χ4n) is 1.98. The molecule has 0 saturated heterocycles. The van der Waals surface area contributed by atoms with Crippen LogP contribution < -0.4 is 5.32 Å². The number of fused-ring (bicyclic) bond motifs is 1. The third kappa shape index (κ3) is 2.69. The van der Waals surface area contributed by atoms with Crippen molar-refractivity contribution in [1.82, 2.24) is 9.78 Å². The van der Waals surface area contributed by atoms with Crippen LogP contribution in [-0.2, 0) is 20.8 Å². The Bertz CT molecular complexity index is 483. The average molecular weight is 267 g/mol. The van der Waals surface area contributed by atoms with Crippen molar-refractivity contribution in [2.24, 2.45) is 5.92 Å². The Morgan fingerprint density at radius 3 is 2.84 bits per heavy atom. The molecule has 0 aliphatic carbocycles. The third-order valence-corrected chi connectivity index (χ3v) is 2.86. The van der Waals surface area contributed by atoms with Crippen molar-refractivity contribution in [2.45, 2.75) is 20.4 Å². The molecule has 1 aliphatic heterocycles. The summed E-state index contributed by atoms with van der Waals surface area (Å²) in [5, 5.41) is 7.14. The van der Waals surface area contributed by atoms with Crippen LogP contribution in [-0.4, -0.2) is 41.5 Å². The highest BCUT2D eigenvalue weighted by Gasteiger charge is 2.29. The van der Waals surface area contributed by atoms with E-state index in [0.29, 0.717) is 37.7 Å². The van der Waals surface area contributed by atoms with Gasteiger partial charge in [0, 0.05) is 6.54 Å². The molecule has 1 unspecified atom stereocenters. The van der Waals surface area contributed by atoms with E-state index >= 15 is 0 Å². The van der Waals surface area contributed by atoms with Gasteiger partial charge in [-0.25, -0.2) is 9.48 Å². The first-order valence-corrected chi connectivity index (χ1v) is 6.30. The second-order valence-corrected chi connectivity index (χ2v) is 4.14. The number of esters is 2. The molecule has 1 aromatic heterocycles. The normalized spacial score (nSPS) is 17.3. The zero-order valence-electron chi connectivity index (χ0n) is 11.0. The Balaban J connectivity index is 2.11. The van der Waals surface area contributed by atoms with Crippen molar-refractivity contribution >= 4 is 17.8 Å². The second kappa shape index (κ2) is 5.73. The van der Waals surface area contributed by atoms with Gasteiger partial charge in [-0.2, -0.15) is 5.10 Å². The van der Waals surface area contributed by atoms with Crippen LogP contribution in [0.3, 0.4) is 0 Å². The van der Waals surface area contributed by atoms with Gasteiger partial charge < -0.3 is 14.8 Å². The molecule has 0 fully saturated rings. The lowest BCUT2D eigenvalue weighted by molar-refractivity contribution is -0.148. The zero-order chi connectivity index (χ0) is 13.8. The van der Waals surface area contributed by atoms with Crippen LogP contribution in [0.15, 0.2) is 6.20 Å². The monoisotopic (exact) mass is 267 g/mol. The smallest absolute Gasteiger partial charge is 0.343 e. The maximum absolute atomic E-state index is 11.7. The van der Waals surface area contributed by atoms with Crippen molar-refractivity contribution in [2.75, 3.05) is 25.1 Å². The molecule has 1 aliphatic rings. The number of ether oxygens (including phenoxy) is 2.